The van der Waals surface area contributed by atoms with Gasteiger partial charge in [0, 0.05) is 20.1 Å². The number of likely N-dealkylation sites (N-methyl/N-ethyl adjacent to an activating group) is 1. The van der Waals surface area contributed by atoms with E-state index in [1.807, 2.05) is 18.2 Å². The van der Waals surface area contributed by atoms with Gasteiger partial charge in [-0.05, 0) is 49.4 Å². The number of rotatable bonds is 4. The number of nitrogens with zero attached hydrogens (tertiary/aromatic N) is 2. The summed E-state index contributed by atoms with van der Waals surface area (Å²) in [7, 11) is 1.46. The van der Waals surface area contributed by atoms with Gasteiger partial charge < -0.3 is 10.2 Å². The largest absolute Gasteiger partial charge is 0.416 e. The molecule has 2 aliphatic heterocycles. The summed E-state index contributed by atoms with van der Waals surface area (Å²) < 4.78 is 54.2. The molecule has 4 amide bonds. The van der Waals surface area contributed by atoms with Gasteiger partial charge in [-0.3, -0.25) is 24.1 Å². The minimum atomic E-state index is -4.77. The van der Waals surface area contributed by atoms with E-state index in [0.717, 1.165) is 16.9 Å². The van der Waals surface area contributed by atoms with E-state index in [-0.39, 0.29) is 50.6 Å². The average Bonchev–Trinajstić information content (AvgIpc) is 3.13. The molecule has 1 N–H and O–H groups in total. The Balaban J connectivity index is 1.38. The van der Waals surface area contributed by atoms with E-state index in [9.17, 15) is 36.7 Å². The van der Waals surface area contributed by atoms with Gasteiger partial charge in [0.05, 0.1) is 22.5 Å². The number of alkyl halides is 3. The maximum Gasteiger partial charge on any atom is 0.416 e. The normalized spacial score (nSPS) is 22.2. The quantitative estimate of drug-likeness (QED) is 0.426. The van der Waals surface area contributed by atoms with Gasteiger partial charge in [0.2, 0.25) is 17.7 Å². The molecule has 3 aliphatic rings. The Labute approximate surface area is 234 Å². The van der Waals surface area contributed by atoms with E-state index >= 15 is 0 Å². The van der Waals surface area contributed by atoms with E-state index in [1.165, 1.54) is 7.05 Å². The molecule has 2 heterocycles. The Bertz CT molecular complexity index is 1360. The first-order chi connectivity index (χ1) is 19.4. The van der Waals surface area contributed by atoms with Crippen LogP contribution in [-0.4, -0.2) is 59.1 Å². The average molecular weight is 574 g/mol. The van der Waals surface area contributed by atoms with Crippen LogP contribution in [-0.2, 0) is 20.6 Å². The molecular formula is C30H31F4N3O4. The predicted molar refractivity (Wildman–Crippen MR) is 140 cm³/mol. The Morgan fingerprint density at radius 3 is 2.17 bits per heavy atom. The molecule has 5 rings (SSSR count). The SMILES string of the molecule is CN1C(=O)C(c2ccccc2)C2(CCN(C(=O)C3(NC(=O)c4cc(C(F)(F)F)ccc4F)CCCCC3)CC2)C1=O. The molecule has 11 heteroatoms. The van der Waals surface area contributed by atoms with Crippen LogP contribution >= 0.6 is 0 Å². The summed E-state index contributed by atoms with van der Waals surface area (Å²) in [4.78, 5) is 56.4. The fraction of sp³-hybridized carbons (Fsp3) is 0.467. The van der Waals surface area contributed by atoms with Crippen molar-refractivity contribution in [3.05, 3.63) is 71.0 Å². The Morgan fingerprint density at radius 2 is 1.56 bits per heavy atom. The van der Waals surface area contributed by atoms with Crippen LogP contribution in [0.5, 0.6) is 0 Å². The van der Waals surface area contributed by atoms with Crippen LogP contribution in [0.3, 0.4) is 0 Å². The van der Waals surface area contributed by atoms with E-state index in [0.29, 0.717) is 31.0 Å². The fourth-order valence-electron chi connectivity index (χ4n) is 6.72. The fourth-order valence-corrected chi connectivity index (χ4v) is 6.72. The zero-order valence-corrected chi connectivity index (χ0v) is 22.6. The number of imide groups is 1. The van der Waals surface area contributed by atoms with Gasteiger partial charge in [0.1, 0.15) is 11.4 Å². The predicted octanol–water partition coefficient (Wildman–Crippen LogP) is 4.67. The molecule has 1 aliphatic carbocycles. The zero-order valence-electron chi connectivity index (χ0n) is 22.6. The van der Waals surface area contributed by atoms with Crippen LogP contribution in [0.1, 0.15) is 72.3 Å². The van der Waals surface area contributed by atoms with Gasteiger partial charge in [0.15, 0.2) is 0 Å². The highest BCUT2D eigenvalue weighted by Crippen LogP contribution is 2.51. The maximum absolute atomic E-state index is 14.5. The summed E-state index contributed by atoms with van der Waals surface area (Å²) in [5.41, 5.74) is -3.63. The summed E-state index contributed by atoms with van der Waals surface area (Å²) in [5.74, 6) is -3.86. The van der Waals surface area contributed by atoms with Crippen molar-refractivity contribution >= 4 is 23.6 Å². The topological polar surface area (TPSA) is 86.8 Å². The van der Waals surface area contributed by atoms with E-state index < -0.39 is 51.8 Å². The Hall–Kier alpha value is -3.76. The lowest BCUT2D eigenvalue weighted by Gasteiger charge is -2.45. The Kier molecular flexibility index (Phi) is 7.42. The summed E-state index contributed by atoms with van der Waals surface area (Å²) in [6.07, 6.45) is -1.77. The smallest absolute Gasteiger partial charge is 0.341 e. The second kappa shape index (κ2) is 10.6. The monoisotopic (exact) mass is 573 g/mol. The Morgan fingerprint density at radius 1 is 0.927 bits per heavy atom. The number of amides is 4. The van der Waals surface area contributed by atoms with Crippen molar-refractivity contribution < 1.29 is 36.7 Å². The highest BCUT2D eigenvalue weighted by Gasteiger charge is 2.60. The second-order valence-corrected chi connectivity index (χ2v) is 11.3. The highest BCUT2D eigenvalue weighted by atomic mass is 19.4. The van der Waals surface area contributed by atoms with E-state index in [4.69, 9.17) is 0 Å². The summed E-state index contributed by atoms with van der Waals surface area (Å²) >= 11 is 0. The molecule has 1 unspecified atom stereocenters. The van der Waals surface area contributed by atoms with Crippen LogP contribution in [0, 0.1) is 11.2 Å². The molecule has 1 atom stereocenters. The second-order valence-electron chi connectivity index (χ2n) is 11.3. The lowest BCUT2D eigenvalue weighted by Crippen LogP contribution is -2.62. The first-order valence-electron chi connectivity index (χ1n) is 13.8. The molecule has 218 valence electrons. The molecule has 3 fully saturated rings. The third-order valence-electron chi connectivity index (χ3n) is 8.94. The molecule has 1 spiro atoms. The number of hydrogen-bond acceptors (Lipinski definition) is 4. The molecule has 0 radical (unpaired) electrons. The molecular weight excluding hydrogens is 542 g/mol. The number of likely N-dealkylation sites (tertiary alicyclic amines) is 2. The van der Waals surface area contributed by atoms with Crippen molar-refractivity contribution in [2.75, 3.05) is 20.1 Å². The number of halogens is 4. The molecule has 7 nitrogen and oxygen atoms in total. The lowest BCUT2D eigenvalue weighted by atomic mass is 9.67. The molecule has 0 bridgehead atoms. The van der Waals surface area contributed by atoms with Crippen molar-refractivity contribution in [2.45, 2.75) is 62.6 Å². The third-order valence-corrected chi connectivity index (χ3v) is 8.94. The molecule has 41 heavy (non-hydrogen) atoms. The molecule has 2 aromatic rings. The summed E-state index contributed by atoms with van der Waals surface area (Å²) in [6, 6.07) is 10.7. The number of hydrogen-bond donors (Lipinski definition) is 1. The van der Waals surface area contributed by atoms with Gasteiger partial charge in [-0.25, -0.2) is 4.39 Å². The van der Waals surface area contributed by atoms with Crippen LogP contribution in [0.2, 0.25) is 0 Å². The maximum atomic E-state index is 14.5. The number of carbonyl (C=O) groups is 4. The lowest BCUT2D eigenvalue weighted by molar-refractivity contribution is -0.147. The van der Waals surface area contributed by atoms with Gasteiger partial charge in [0.25, 0.3) is 5.91 Å². The van der Waals surface area contributed by atoms with Crippen molar-refractivity contribution in [3.63, 3.8) is 0 Å². The van der Waals surface area contributed by atoms with Crippen molar-refractivity contribution in [1.29, 1.82) is 0 Å². The van der Waals surface area contributed by atoms with Gasteiger partial charge >= 0.3 is 6.18 Å². The van der Waals surface area contributed by atoms with Gasteiger partial charge in [-0.1, -0.05) is 49.6 Å². The third kappa shape index (κ3) is 4.99. The van der Waals surface area contributed by atoms with Gasteiger partial charge in [-0.15, -0.1) is 0 Å². The highest BCUT2D eigenvalue weighted by molar-refractivity contribution is 6.10. The van der Waals surface area contributed by atoms with Crippen LogP contribution < -0.4 is 5.32 Å². The van der Waals surface area contributed by atoms with Crippen LogP contribution in [0.15, 0.2) is 48.5 Å². The van der Waals surface area contributed by atoms with Gasteiger partial charge in [-0.2, -0.15) is 13.2 Å². The van der Waals surface area contributed by atoms with Crippen LogP contribution in [0.4, 0.5) is 17.6 Å². The molecule has 2 saturated heterocycles. The molecule has 1 saturated carbocycles. The first kappa shape index (κ1) is 28.8. The van der Waals surface area contributed by atoms with Crippen LogP contribution in [0.25, 0.3) is 0 Å². The number of benzene rings is 2. The standard InChI is InChI=1S/C30H31F4N3O4/c1-36-25(39)23(19-8-4-2-5-9-19)28(26(36)40)14-16-37(17-15-28)27(41)29(12-6-3-7-13-29)35-24(38)21-18-20(30(32,33)34)10-11-22(21)31/h2,4-5,8-11,18,23H,3,6-7,12-17H2,1H3,(H,35,38). The first-order valence-corrected chi connectivity index (χ1v) is 13.8. The van der Waals surface area contributed by atoms with Crippen molar-refractivity contribution in [1.82, 2.24) is 15.1 Å². The zero-order chi connectivity index (χ0) is 29.6. The molecule has 2 aromatic carbocycles. The summed E-state index contributed by atoms with van der Waals surface area (Å²) in [6.45, 7) is 0.315. The number of nitrogens with one attached hydrogen (secondary N) is 1. The number of piperidine rings is 1. The molecule has 0 aromatic heterocycles. The van der Waals surface area contributed by atoms with Crippen molar-refractivity contribution in [2.24, 2.45) is 5.41 Å². The van der Waals surface area contributed by atoms with E-state index in [2.05, 4.69) is 5.32 Å². The van der Waals surface area contributed by atoms with E-state index in [1.54, 1.807) is 17.0 Å². The minimum absolute atomic E-state index is 0.157. The number of carbonyl (C=O) groups excluding carboxylic acids is 4. The minimum Gasteiger partial charge on any atom is -0.341 e. The van der Waals surface area contributed by atoms with Crippen molar-refractivity contribution in [3.8, 4) is 0 Å². The summed E-state index contributed by atoms with van der Waals surface area (Å²) in [5, 5.41) is 2.62.